The minimum Gasteiger partial charge on any atom is -0.481 e. The Morgan fingerprint density at radius 3 is 1.84 bits per heavy atom. The number of rotatable bonds is 15. The highest BCUT2D eigenvalue weighted by atomic mass is 16.5. The van der Waals surface area contributed by atoms with Crippen LogP contribution in [0.5, 0.6) is 0 Å². The van der Waals surface area contributed by atoms with Gasteiger partial charge in [-0.3, -0.25) is 14.4 Å². The van der Waals surface area contributed by atoms with Crippen LogP contribution in [0.2, 0.25) is 0 Å². The molecule has 1 N–H and O–H groups in total. The van der Waals surface area contributed by atoms with E-state index in [1.807, 2.05) is 0 Å². The number of carbonyl (C=O) groups is 3. The molecule has 0 bridgehead atoms. The van der Waals surface area contributed by atoms with Crippen molar-refractivity contribution in [1.29, 1.82) is 0 Å². The number of ether oxygens (including phenoxy) is 2. The first-order valence-electron chi connectivity index (χ1n) is 9.49. The Balaban J connectivity index is 4.39. The molecule has 0 heterocycles. The number of carbonyl (C=O) groups excluding carboxylic acids is 2. The fourth-order valence-corrected chi connectivity index (χ4v) is 2.40. The number of hydrogen-bond donors (Lipinski definition) is 1. The highest BCUT2D eigenvalue weighted by Gasteiger charge is 2.33. The van der Waals surface area contributed by atoms with Gasteiger partial charge in [-0.05, 0) is 12.8 Å². The largest absolute Gasteiger partial charge is 0.481 e. The Bertz CT molecular complexity index is 393. The normalized spacial score (nSPS) is 13.1. The predicted octanol–water partition coefficient (Wildman–Crippen LogP) is 3.96. The SMILES string of the molecule is CCCCCCOC(=O)CC(C(=O)OCCCCCC)C(C)C(=O)O. The van der Waals surface area contributed by atoms with E-state index in [0.717, 1.165) is 51.4 Å². The zero-order valence-corrected chi connectivity index (χ0v) is 15.9. The van der Waals surface area contributed by atoms with Crippen LogP contribution in [0.15, 0.2) is 0 Å². The quantitative estimate of drug-likeness (QED) is 0.352. The standard InChI is InChI=1S/C19H34O6/c1-4-6-8-10-12-24-17(20)14-16(15(3)18(21)22)19(23)25-13-11-9-7-5-2/h15-16H,4-14H2,1-3H3,(H,21,22). The van der Waals surface area contributed by atoms with Gasteiger partial charge in [-0.15, -0.1) is 0 Å². The molecule has 0 aliphatic rings. The molecule has 0 amide bonds. The smallest absolute Gasteiger partial charge is 0.310 e. The van der Waals surface area contributed by atoms with Crippen molar-refractivity contribution in [3.05, 3.63) is 0 Å². The van der Waals surface area contributed by atoms with Gasteiger partial charge < -0.3 is 14.6 Å². The van der Waals surface area contributed by atoms with Gasteiger partial charge in [0.25, 0.3) is 0 Å². The monoisotopic (exact) mass is 358 g/mol. The van der Waals surface area contributed by atoms with E-state index in [9.17, 15) is 14.4 Å². The molecule has 0 saturated carbocycles. The Morgan fingerprint density at radius 1 is 0.840 bits per heavy atom. The molecule has 0 aliphatic carbocycles. The molecule has 0 aromatic rings. The van der Waals surface area contributed by atoms with Crippen LogP contribution >= 0.6 is 0 Å². The molecule has 0 aliphatic heterocycles. The lowest BCUT2D eigenvalue weighted by atomic mass is 9.91. The van der Waals surface area contributed by atoms with Gasteiger partial charge in [-0.2, -0.15) is 0 Å². The van der Waals surface area contributed by atoms with Crippen molar-refractivity contribution in [3.63, 3.8) is 0 Å². The van der Waals surface area contributed by atoms with E-state index in [0.29, 0.717) is 6.61 Å². The summed E-state index contributed by atoms with van der Waals surface area (Å²) >= 11 is 0. The van der Waals surface area contributed by atoms with E-state index in [1.165, 1.54) is 6.92 Å². The maximum absolute atomic E-state index is 12.2. The molecule has 2 unspecified atom stereocenters. The summed E-state index contributed by atoms with van der Waals surface area (Å²) < 4.78 is 10.3. The molecule has 0 saturated heterocycles. The second-order valence-corrected chi connectivity index (χ2v) is 6.45. The summed E-state index contributed by atoms with van der Waals surface area (Å²) in [5.41, 5.74) is 0. The molecule has 0 spiro atoms. The third kappa shape index (κ3) is 11.6. The maximum Gasteiger partial charge on any atom is 0.310 e. The van der Waals surface area contributed by atoms with Crippen molar-refractivity contribution >= 4 is 17.9 Å². The lowest BCUT2D eigenvalue weighted by Crippen LogP contribution is -2.32. The Labute approximate surface area is 151 Å². The number of hydrogen-bond acceptors (Lipinski definition) is 5. The number of carboxylic acid groups (broad SMARTS) is 1. The van der Waals surface area contributed by atoms with Gasteiger partial charge in [0.2, 0.25) is 0 Å². The zero-order valence-electron chi connectivity index (χ0n) is 15.9. The first-order valence-corrected chi connectivity index (χ1v) is 9.49. The minimum absolute atomic E-state index is 0.255. The predicted molar refractivity (Wildman–Crippen MR) is 95.1 cm³/mol. The van der Waals surface area contributed by atoms with Crippen LogP contribution in [-0.2, 0) is 23.9 Å². The fraction of sp³-hybridized carbons (Fsp3) is 0.842. The van der Waals surface area contributed by atoms with Crippen molar-refractivity contribution in [2.75, 3.05) is 13.2 Å². The van der Waals surface area contributed by atoms with Crippen LogP contribution in [0.1, 0.15) is 78.6 Å². The van der Waals surface area contributed by atoms with Crippen molar-refractivity contribution in [2.24, 2.45) is 11.8 Å². The van der Waals surface area contributed by atoms with Crippen LogP contribution in [0, 0.1) is 11.8 Å². The molecule has 0 rings (SSSR count). The van der Waals surface area contributed by atoms with Gasteiger partial charge in [0, 0.05) is 0 Å². The molecule has 0 radical (unpaired) electrons. The molecule has 6 nitrogen and oxygen atoms in total. The van der Waals surface area contributed by atoms with Gasteiger partial charge >= 0.3 is 17.9 Å². The van der Waals surface area contributed by atoms with Crippen molar-refractivity contribution in [1.82, 2.24) is 0 Å². The van der Waals surface area contributed by atoms with Crippen molar-refractivity contribution < 1.29 is 29.0 Å². The molecule has 0 aromatic carbocycles. The average Bonchev–Trinajstić information content (AvgIpc) is 2.58. The van der Waals surface area contributed by atoms with Gasteiger partial charge in [-0.1, -0.05) is 59.3 Å². The van der Waals surface area contributed by atoms with Crippen LogP contribution in [0.4, 0.5) is 0 Å². The first kappa shape index (κ1) is 23.4. The topological polar surface area (TPSA) is 89.9 Å². The summed E-state index contributed by atoms with van der Waals surface area (Å²) in [6.45, 7) is 6.16. The van der Waals surface area contributed by atoms with E-state index in [2.05, 4.69) is 13.8 Å². The van der Waals surface area contributed by atoms with Crippen LogP contribution in [0.3, 0.4) is 0 Å². The number of carboxylic acids is 1. The van der Waals surface area contributed by atoms with E-state index < -0.39 is 29.7 Å². The summed E-state index contributed by atoms with van der Waals surface area (Å²) in [4.78, 5) is 35.3. The summed E-state index contributed by atoms with van der Waals surface area (Å²) in [5, 5.41) is 9.17. The van der Waals surface area contributed by atoms with Crippen LogP contribution < -0.4 is 0 Å². The Kier molecular flexibility index (Phi) is 13.8. The third-order valence-electron chi connectivity index (χ3n) is 4.19. The second-order valence-electron chi connectivity index (χ2n) is 6.45. The van der Waals surface area contributed by atoms with Gasteiger partial charge in [0.1, 0.15) is 0 Å². The maximum atomic E-state index is 12.2. The lowest BCUT2D eigenvalue weighted by molar-refractivity contribution is -0.161. The van der Waals surface area contributed by atoms with E-state index in [4.69, 9.17) is 14.6 Å². The molecular weight excluding hydrogens is 324 g/mol. The summed E-state index contributed by atoms with van der Waals surface area (Å²) in [6, 6.07) is 0. The van der Waals surface area contributed by atoms with Gasteiger partial charge in [-0.25, -0.2) is 0 Å². The Morgan fingerprint density at radius 2 is 1.36 bits per heavy atom. The summed E-state index contributed by atoms with van der Waals surface area (Å²) in [6.07, 6.45) is 7.54. The van der Waals surface area contributed by atoms with Crippen molar-refractivity contribution in [3.8, 4) is 0 Å². The van der Waals surface area contributed by atoms with Crippen molar-refractivity contribution in [2.45, 2.75) is 78.6 Å². The highest BCUT2D eigenvalue weighted by Crippen LogP contribution is 2.19. The molecule has 0 aromatic heterocycles. The molecule has 2 atom stereocenters. The number of aliphatic carboxylic acids is 1. The number of unbranched alkanes of at least 4 members (excludes halogenated alkanes) is 6. The van der Waals surface area contributed by atoms with Crippen LogP contribution in [0.25, 0.3) is 0 Å². The molecule has 25 heavy (non-hydrogen) atoms. The average molecular weight is 358 g/mol. The summed E-state index contributed by atoms with van der Waals surface area (Å²) in [5.74, 6) is -4.29. The Hall–Kier alpha value is -1.59. The number of esters is 2. The lowest BCUT2D eigenvalue weighted by Gasteiger charge is -2.19. The molecule has 0 fully saturated rings. The summed E-state index contributed by atoms with van der Waals surface area (Å²) in [7, 11) is 0. The molecular formula is C19H34O6. The third-order valence-corrected chi connectivity index (χ3v) is 4.19. The van der Waals surface area contributed by atoms with E-state index >= 15 is 0 Å². The highest BCUT2D eigenvalue weighted by molar-refractivity contribution is 5.85. The fourth-order valence-electron chi connectivity index (χ4n) is 2.40. The molecule has 146 valence electrons. The molecule has 6 heteroatoms. The van der Waals surface area contributed by atoms with Gasteiger partial charge in [0.05, 0.1) is 31.5 Å². The van der Waals surface area contributed by atoms with Gasteiger partial charge in [0.15, 0.2) is 0 Å². The minimum atomic E-state index is -1.12. The van der Waals surface area contributed by atoms with E-state index in [1.54, 1.807) is 0 Å². The first-order chi connectivity index (χ1) is 11.9. The zero-order chi connectivity index (χ0) is 19.1. The van der Waals surface area contributed by atoms with Crippen LogP contribution in [-0.4, -0.2) is 36.2 Å². The second kappa shape index (κ2) is 14.7. The van der Waals surface area contributed by atoms with E-state index in [-0.39, 0.29) is 13.0 Å².